The molecule has 1 N–H and O–H groups in total. The fraction of sp³-hybridized carbons (Fsp3) is 0.0714. The highest BCUT2D eigenvalue weighted by Gasteiger charge is 2.16. The van der Waals surface area contributed by atoms with E-state index < -0.39 is 34.0 Å². The van der Waals surface area contributed by atoms with Gasteiger partial charge in [-0.2, -0.15) is 5.26 Å². The van der Waals surface area contributed by atoms with Crippen LogP contribution >= 0.6 is 0 Å². The smallest absolute Gasteiger partial charge is 0.207 e. The van der Waals surface area contributed by atoms with Crippen molar-refractivity contribution in [2.75, 3.05) is 0 Å². The van der Waals surface area contributed by atoms with Crippen molar-refractivity contribution in [1.29, 1.82) is 5.26 Å². The third kappa shape index (κ3) is 3.44. The average molecular weight is 326 g/mol. The third-order valence-corrected chi connectivity index (χ3v) is 4.18. The molecule has 22 heavy (non-hydrogen) atoms. The van der Waals surface area contributed by atoms with Gasteiger partial charge in [-0.3, -0.25) is 0 Å². The summed E-state index contributed by atoms with van der Waals surface area (Å²) in [6.45, 7) is -0.423. The van der Waals surface area contributed by atoms with E-state index in [2.05, 4.69) is 4.72 Å². The highest BCUT2D eigenvalue weighted by atomic mass is 32.2. The standard InChI is InChI=1S/C14H9F3N2O2S/c15-12-5-10(6-13(16)14(12)17)8-19-22(20,21)11-3-1-2-9(4-11)7-18/h1-6,19H,8H2. The van der Waals surface area contributed by atoms with E-state index in [1.54, 1.807) is 6.07 Å². The molecule has 0 saturated carbocycles. The van der Waals surface area contributed by atoms with Gasteiger partial charge >= 0.3 is 0 Å². The first-order valence-corrected chi connectivity index (χ1v) is 7.45. The van der Waals surface area contributed by atoms with Crippen LogP contribution in [0.3, 0.4) is 0 Å². The molecule has 0 radical (unpaired) electrons. The van der Waals surface area contributed by atoms with E-state index in [9.17, 15) is 21.6 Å². The maximum atomic E-state index is 13.1. The molecule has 2 aromatic carbocycles. The zero-order valence-corrected chi connectivity index (χ0v) is 11.8. The fourth-order valence-electron chi connectivity index (χ4n) is 1.70. The topological polar surface area (TPSA) is 70.0 Å². The molecule has 0 aromatic heterocycles. The quantitative estimate of drug-likeness (QED) is 0.878. The number of nitrogens with zero attached hydrogens (tertiary/aromatic N) is 1. The molecule has 114 valence electrons. The number of nitriles is 1. The molecule has 0 heterocycles. The van der Waals surface area contributed by atoms with Gasteiger partial charge in [0.05, 0.1) is 16.5 Å². The van der Waals surface area contributed by atoms with Crippen LogP contribution in [-0.2, 0) is 16.6 Å². The molecular formula is C14H9F3N2O2S. The molecule has 0 aliphatic rings. The van der Waals surface area contributed by atoms with Crippen LogP contribution in [0, 0.1) is 28.8 Å². The Hall–Kier alpha value is -2.37. The second kappa shape index (κ2) is 6.17. The summed E-state index contributed by atoms with van der Waals surface area (Å²) in [4.78, 5) is -0.158. The van der Waals surface area contributed by atoms with Crippen LogP contribution in [0.25, 0.3) is 0 Å². The fourth-order valence-corrected chi connectivity index (χ4v) is 2.77. The van der Waals surface area contributed by atoms with Crippen molar-refractivity contribution in [3.05, 3.63) is 65.0 Å². The van der Waals surface area contributed by atoms with Gasteiger partial charge in [0.1, 0.15) is 0 Å². The lowest BCUT2D eigenvalue weighted by Gasteiger charge is -2.08. The van der Waals surface area contributed by atoms with E-state index in [4.69, 9.17) is 5.26 Å². The van der Waals surface area contributed by atoms with Crippen molar-refractivity contribution in [3.8, 4) is 6.07 Å². The van der Waals surface area contributed by atoms with Crippen molar-refractivity contribution in [2.24, 2.45) is 0 Å². The number of nitrogens with one attached hydrogen (secondary N) is 1. The molecular weight excluding hydrogens is 317 g/mol. The van der Waals surface area contributed by atoms with Gasteiger partial charge in [-0.1, -0.05) is 6.07 Å². The maximum absolute atomic E-state index is 13.1. The van der Waals surface area contributed by atoms with Crippen LogP contribution < -0.4 is 4.72 Å². The molecule has 0 bridgehead atoms. The Balaban J connectivity index is 2.21. The second-order valence-corrected chi connectivity index (χ2v) is 6.10. The molecule has 0 spiro atoms. The molecule has 0 unspecified atom stereocenters. The predicted molar refractivity (Wildman–Crippen MR) is 71.5 cm³/mol. The van der Waals surface area contributed by atoms with E-state index >= 15 is 0 Å². The zero-order chi connectivity index (χ0) is 16.3. The number of hydrogen-bond donors (Lipinski definition) is 1. The van der Waals surface area contributed by atoms with E-state index in [1.807, 2.05) is 0 Å². The summed E-state index contributed by atoms with van der Waals surface area (Å²) in [7, 11) is -3.97. The van der Waals surface area contributed by atoms with Crippen molar-refractivity contribution < 1.29 is 21.6 Å². The Morgan fingerprint density at radius 1 is 1.09 bits per heavy atom. The van der Waals surface area contributed by atoms with Gasteiger partial charge in [0.15, 0.2) is 17.5 Å². The maximum Gasteiger partial charge on any atom is 0.240 e. The summed E-state index contributed by atoms with van der Waals surface area (Å²) in [6, 6.07) is 8.46. The normalized spacial score (nSPS) is 11.2. The Morgan fingerprint density at radius 2 is 1.73 bits per heavy atom. The monoisotopic (exact) mass is 326 g/mol. The first kappa shape index (κ1) is 16.0. The molecule has 0 aliphatic heterocycles. The minimum Gasteiger partial charge on any atom is -0.207 e. The SMILES string of the molecule is N#Cc1cccc(S(=O)(=O)NCc2cc(F)c(F)c(F)c2)c1. The summed E-state index contributed by atoms with van der Waals surface area (Å²) in [5.74, 6) is -4.42. The summed E-state index contributed by atoms with van der Waals surface area (Å²) in [5, 5.41) is 8.74. The van der Waals surface area contributed by atoms with Gasteiger partial charge in [0.25, 0.3) is 0 Å². The molecule has 2 aromatic rings. The van der Waals surface area contributed by atoms with Crippen LogP contribution in [0.4, 0.5) is 13.2 Å². The summed E-state index contributed by atoms with van der Waals surface area (Å²) >= 11 is 0. The Morgan fingerprint density at radius 3 is 2.32 bits per heavy atom. The largest absolute Gasteiger partial charge is 0.240 e. The van der Waals surface area contributed by atoms with Gasteiger partial charge in [-0.05, 0) is 35.9 Å². The molecule has 2 rings (SSSR count). The van der Waals surface area contributed by atoms with Crippen LogP contribution in [-0.4, -0.2) is 8.42 Å². The second-order valence-electron chi connectivity index (χ2n) is 4.34. The molecule has 4 nitrogen and oxygen atoms in total. The molecule has 8 heteroatoms. The molecule has 0 amide bonds. The van der Waals surface area contributed by atoms with Gasteiger partial charge < -0.3 is 0 Å². The van der Waals surface area contributed by atoms with Crippen molar-refractivity contribution >= 4 is 10.0 Å². The lowest BCUT2D eigenvalue weighted by Crippen LogP contribution is -2.23. The zero-order valence-electron chi connectivity index (χ0n) is 11.0. The van der Waals surface area contributed by atoms with E-state index in [0.717, 1.165) is 6.07 Å². The first-order chi connectivity index (χ1) is 10.3. The number of benzene rings is 2. The summed E-state index contributed by atoms with van der Waals surface area (Å²) in [5.41, 5.74) is 0.0816. The summed E-state index contributed by atoms with van der Waals surface area (Å²) < 4.78 is 65.1. The van der Waals surface area contributed by atoms with Crippen LogP contribution in [0.2, 0.25) is 0 Å². The van der Waals surface area contributed by atoms with Crippen molar-refractivity contribution in [3.63, 3.8) is 0 Å². The number of sulfonamides is 1. The van der Waals surface area contributed by atoms with Gasteiger partial charge in [-0.15, -0.1) is 0 Å². The number of halogens is 3. The Labute approximate surface area is 124 Å². The minimum atomic E-state index is -3.97. The first-order valence-electron chi connectivity index (χ1n) is 5.97. The number of rotatable bonds is 4. The summed E-state index contributed by atoms with van der Waals surface area (Å²) in [6.07, 6.45) is 0. The van der Waals surface area contributed by atoms with Crippen LogP contribution in [0.5, 0.6) is 0 Å². The van der Waals surface area contributed by atoms with E-state index in [1.165, 1.54) is 18.2 Å². The van der Waals surface area contributed by atoms with Crippen molar-refractivity contribution in [2.45, 2.75) is 11.4 Å². The molecule has 0 atom stereocenters. The minimum absolute atomic E-state index is 0.0728. The molecule has 0 saturated heterocycles. The highest BCUT2D eigenvalue weighted by molar-refractivity contribution is 7.89. The molecule has 0 aliphatic carbocycles. The molecule has 0 fully saturated rings. The van der Waals surface area contributed by atoms with Gasteiger partial charge in [-0.25, -0.2) is 26.3 Å². The van der Waals surface area contributed by atoms with Gasteiger partial charge in [0.2, 0.25) is 10.0 Å². The average Bonchev–Trinajstić information content (AvgIpc) is 2.50. The Bertz CT molecular complexity index is 838. The van der Waals surface area contributed by atoms with E-state index in [-0.39, 0.29) is 16.0 Å². The van der Waals surface area contributed by atoms with Crippen molar-refractivity contribution in [1.82, 2.24) is 4.72 Å². The van der Waals surface area contributed by atoms with E-state index in [0.29, 0.717) is 12.1 Å². The Kier molecular flexibility index (Phi) is 4.49. The van der Waals surface area contributed by atoms with Crippen LogP contribution in [0.1, 0.15) is 11.1 Å². The van der Waals surface area contributed by atoms with Gasteiger partial charge in [0, 0.05) is 6.54 Å². The third-order valence-electron chi connectivity index (χ3n) is 2.78. The number of hydrogen-bond acceptors (Lipinski definition) is 3. The van der Waals surface area contributed by atoms with Crippen LogP contribution in [0.15, 0.2) is 41.3 Å². The predicted octanol–water partition coefficient (Wildman–Crippen LogP) is 2.45. The lowest BCUT2D eigenvalue weighted by atomic mass is 10.2. The lowest BCUT2D eigenvalue weighted by molar-refractivity contribution is 0.445. The highest BCUT2D eigenvalue weighted by Crippen LogP contribution is 2.15.